The Hall–Kier alpha value is -2.40. The van der Waals surface area contributed by atoms with Gasteiger partial charge in [-0.1, -0.05) is 12.1 Å². The number of aromatic hydroxyl groups is 1. The molecule has 2 aromatic carbocycles. The molecule has 0 heterocycles. The van der Waals surface area contributed by atoms with Crippen LogP contribution in [-0.2, 0) is 11.3 Å². The van der Waals surface area contributed by atoms with E-state index in [1.165, 1.54) is 24.3 Å². The third-order valence-corrected chi connectivity index (χ3v) is 5.18. The smallest absolute Gasteiger partial charge is 0.251 e. The summed E-state index contributed by atoms with van der Waals surface area (Å²) in [7, 11) is 0. The van der Waals surface area contributed by atoms with Crippen molar-refractivity contribution in [3.05, 3.63) is 65.5 Å². The minimum atomic E-state index is -0.227. The fourth-order valence-corrected chi connectivity index (χ4v) is 3.48. The molecule has 0 aromatic heterocycles. The van der Waals surface area contributed by atoms with Crippen molar-refractivity contribution < 1.29 is 19.0 Å². The first-order valence-corrected chi connectivity index (χ1v) is 9.49. The van der Waals surface area contributed by atoms with E-state index < -0.39 is 0 Å². The van der Waals surface area contributed by atoms with Crippen LogP contribution in [0.4, 0.5) is 4.39 Å². The van der Waals surface area contributed by atoms with Crippen molar-refractivity contribution in [3.63, 3.8) is 0 Å². The standard InChI is InChI=1S/C22H26FNO3/c23-20-9-5-18(6-10-20)15-27-14-17-3-1-16(2-4-17)13-24-22(26)19-7-11-21(25)12-8-19/h5-12,16-17,25H,1-4,13-15H2,(H,24,26). The largest absolute Gasteiger partial charge is 0.508 e. The first kappa shape index (κ1) is 19.4. The van der Waals surface area contributed by atoms with Crippen LogP contribution in [-0.4, -0.2) is 24.2 Å². The number of carbonyl (C=O) groups excluding carboxylic acids is 1. The lowest BCUT2D eigenvalue weighted by Crippen LogP contribution is -2.31. The summed E-state index contributed by atoms with van der Waals surface area (Å²) in [4.78, 5) is 12.1. The van der Waals surface area contributed by atoms with E-state index >= 15 is 0 Å². The van der Waals surface area contributed by atoms with Gasteiger partial charge >= 0.3 is 0 Å². The highest BCUT2D eigenvalue weighted by atomic mass is 19.1. The Kier molecular flexibility index (Phi) is 6.82. The minimum absolute atomic E-state index is 0.0974. The third-order valence-electron chi connectivity index (χ3n) is 5.18. The summed E-state index contributed by atoms with van der Waals surface area (Å²) in [6.45, 7) is 1.93. The van der Waals surface area contributed by atoms with E-state index in [2.05, 4.69) is 5.32 Å². The van der Waals surface area contributed by atoms with E-state index in [0.717, 1.165) is 37.9 Å². The molecule has 0 aliphatic heterocycles. The number of carbonyl (C=O) groups is 1. The Morgan fingerprint density at radius 1 is 1.00 bits per heavy atom. The summed E-state index contributed by atoms with van der Waals surface area (Å²) in [5.41, 5.74) is 1.55. The number of amides is 1. The summed E-state index contributed by atoms with van der Waals surface area (Å²) >= 11 is 0. The third kappa shape index (κ3) is 6.07. The Balaban J connectivity index is 1.32. The number of rotatable bonds is 7. The highest BCUT2D eigenvalue weighted by Gasteiger charge is 2.22. The summed E-state index contributed by atoms with van der Waals surface area (Å²) < 4.78 is 18.7. The van der Waals surface area contributed by atoms with Gasteiger partial charge in [-0.25, -0.2) is 4.39 Å². The number of nitrogens with one attached hydrogen (secondary N) is 1. The number of benzene rings is 2. The lowest BCUT2D eigenvalue weighted by Gasteiger charge is -2.28. The molecule has 1 aliphatic carbocycles. The first-order chi connectivity index (χ1) is 13.1. The number of ether oxygens (including phenoxy) is 1. The molecule has 0 radical (unpaired) electrons. The molecule has 4 nitrogen and oxygen atoms in total. The van der Waals surface area contributed by atoms with Crippen molar-refractivity contribution in [2.24, 2.45) is 11.8 Å². The van der Waals surface area contributed by atoms with Gasteiger partial charge in [-0.05, 0) is 79.5 Å². The van der Waals surface area contributed by atoms with E-state index in [9.17, 15) is 14.3 Å². The maximum atomic E-state index is 12.9. The zero-order valence-corrected chi connectivity index (χ0v) is 15.4. The van der Waals surface area contributed by atoms with Crippen molar-refractivity contribution in [3.8, 4) is 5.75 Å². The molecular formula is C22H26FNO3. The lowest BCUT2D eigenvalue weighted by atomic mass is 9.82. The molecule has 144 valence electrons. The highest BCUT2D eigenvalue weighted by molar-refractivity contribution is 5.94. The van der Waals surface area contributed by atoms with Gasteiger partial charge < -0.3 is 15.2 Å². The van der Waals surface area contributed by atoms with Gasteiger partial charge in [0.15, 0.2) is 0 Å². The predicted molar refractivity (Wildman–Crippen MR) is 102 cm³/mol. The van der Waals surface area contributed by atoms with Crippen LogP contribution < -0.4 is 5.32 Å². The SMILES string of the molecule is O=C(NCC1CCC(COCc2ccc(F)cc2)CC1)c1ccc(O)cc1. The number of hydrogen-bond acceptors (Lipinski definition) is 3. The molecule has 5 heteroatoms. The molecule has 0 spiro atoms. The number of halogens is 1. The first-order valence-electron chi connectivity index (χ1n) is 9.49. The van der Waals surface area contributed by atoms with Crippen LogP contribution in [0.1, 0.15) is 41.6 Å². The van der Waals surface area contributed by atoms with Gasteiger partial charge in [0.05, 0.1) is 6.61 Å². The van der Waals surface area contributed by atoms with Gasteiger partial charge in [-0.15, -0.1) is 0 Å². The molecule has 0 unspecified atom stereocenters. The molecule has 3 rings (SSSR count). The van der Waals surface area contributed by atoms with Crippen LogP contribution in [0.3, 0.4) is 0 Å². The van der Waals surface area contributed by atoms with Crippen LogP contribution >= 0.6 is 0 Å². The van der Waals surface area contributed by atoms with Crippen molar-refractivity contribution in [2.45, 2.75) is 32.3 Å². The molecule has 0 bridgehead atoms. The zero-order chi connectivity index (χ0) is 19.1. The van der Waals surface area contributed by atoms with Crippen LogP contribution in [0.5, 0.6) is 5.75 Å². The van der Waals surface area contributed by atoms with Gasteiger partial charge in [0.1, 0.15) is 11.6 Å². The fraction of sp³-hybridized carbons (Fsp3) is 0.409. The number of phenols is 1. The molecule has 1 saturated carbocycles. The van der Waals surface area contributed by atoms with Crippen molar-refractivity contribution in [1.29, 1.82) is 0 Å². The monoisotopic (exact) mass is 371 g/mol. The molecular weight excluding hydrogens is 345 g/mol. The maximum absolute atomic E-state index is 12.9. The van der Waals surface area contributed by atoms with E-state index in [1.54, 1.807) is 24.3 Å². The molecule has 0 atom stereocenters. The van der Waals surface area contributed by atoms with Gasteiger partial charge in [-0.3, -0.25) is 4.79 Å². The maximum Gasteiger partial charge on any atom is 0.251 e. The highest BCUT2D eigenvalue weighted by Crippen LogP contribution is 2.28. The summed E-state index contributed by atoms with van der Waals surface area (Å²) in [6, 6.07) is 12.7. The molecule has 2 aromatic rings. The second-order valence-electron chi connectivity index (χ2n) is 7.29. The van der Waals surface area contributed by atoms with Crippen molar-refractivity contribution >= 4 is 5.91 Å². The van der Waals surface area contributed by atoms with Crippen molar-refractivity contribution in [2.75, 3.05) is 13.2 Å². The molecule has 0 saturated heterocycles. The van der Waals surface area contributed by atoms with E-state index in [1.807, 2.05) is 0 Å². The average molecular weight is 371 g/mol. The van der Waals surface area contributed by atoms with Crippen molar-refractivity contribution in [1.82, 2.24) is 5.32 Å². The molecule has 1 aliphatic rings. The van der Waals surface area contributed by atoms with Crippen LogP contribution in [0.15, 0.2) is 48.5 Å². The second-order valence-corrected chi connectivity index (χ2v) is 7.29. The Morgan fingerprint density at radius 3 is 2.30 bits per heavy atom. The van der Waals surface area contributed by atoms with Crippen LogP contribution in [0, 0.1) is 17.7 Å². The normalized spacial score (nSPS) is 19.6. The summed E-state index contributed by atoms with van der Waals surface area (Å²) in [6.07, 6.45) is 4.37. The second kappa shape index (κ2) is 9.51. The van der Waals surface area contributed by atoms with Gasteiger partial charge in [0, 0.05) is 18.7 Å². The molecule has 2 N–H and O–H groups in total. The minimum Gasteiger partial charge on any atom is -0.508 e. The predicted octanol–water partition coefficient (Wildman–Crippen LogP) is 4.28. The molecule has 1 amide bonds. The van der Waals surface area contributed by atoms with E-state index in [0.29, 0.717) is 30.6 Å². The number of hydrogen-bond donors (Lipinski definition) is 2. The van der Waals surface area contributed by atoms with Crippen LogP contribution in [0.2, 0.25) is 0 Å². The summed E-state index contributed by atoms with van der Waals surface area (Å²) in [5.74, 6) is 0.884. The molecule has 1 fully saturated rings. The van der Waals surface area contributed by atoms with Gasteiger partial charge in [0.2, 0.25) is 0 Å². The van der Waals surface area contributed by atoms with E-state index in [-0.39, 0.29) is 17.5 Å². The number of phenolic OH excluding ortho intramolecular Hbond substituents is 1. The lowest BCUT2D eigenvalue weighted by molar-refractivity contribution is 0.0664. The Labute approximate surface area is 159 Å². The fourth-order valence-electron chi connectivity index (χ4n) is 3.48. The quantitative estimate of drug-likeness (QED) is 0.764. The Bertz CT molecular complexity index is 722. The van der Waals surface area contributed by atoms with Crippen LogP contribution in [0.25, 0.3) is 0 Å². The Morgan fingerprint density at radius 2 is 1.63 bits per heavy atom. The zero-order valence-electron chi connectivity index (χ0n) is 15.4. The summed E-state index contributed by atoms with van der Waals surface area (Å²) in [5, 5.41) is 12.3. The van der Waals surface area contributed by atoms with E-state index in [4.69, 9.17) is 4.74 Å². The van der Waals surface area contributed by atoms with Gasteiger partial charge in [-0.2, -0.15) is 0 Å². The topological polar surface area (TPSA) is 58.6 Å². The molecule has 27 heavy (non-hydrogen) atoms. The van der Waals surface area contributed by atoms with Gasteiger partial charge in [0.25, 0.3) is 5.91 Å². The average Bonchev–Trinajstić information content (AvgIpc) is 2.69.